The number of aromatic nitrogens is 3. The molecule has 158 valence electrons. The number of halogens is 2. The van der Waals surface area contributed by atoms with E-state index in [0.717, 1.165) is 20.3 Å². The highest BCUT2D eigenvalue weighted by Crippen LogP contribution is 2.42. The molecule has 0 saturated carbocycles. The number of fused-ring (bicyclic) bond motifs is 3. The van der Waals surface area contributed by atoms with Crippen molar-refractivity contribution in [2.24, 2.45) is 14.1 Å². The van der Waals surface area contributed by atoms with Crippen LogP contribution in [0.25, 0.3) is 22.2 Å². The van der Waals surface area contributed by atoms with Crippen molar-refractivity contribution in [2.75, 3.05) is 6.61 Å². The van der Waals surface area contributed by atoms with Gasteiger partial charge in [-0.15, -0.1) is 0 Å². The SMILES string of the molecule is Cn1c(=O)c2c(-c3ccccc3Br)n3c(c2n(C)c1=O)C(c1cccc(F)c1)OCC3. The van der Waals surface area contributed by atoms with Crippen LogP contribution < -0.4 is 11.2 Å². The number of benzene rings is 2. The summed E-state index contributed by atoms with van der Waals surface area (Å²) in [5.41, 5.74) is 2.58. The Bertz CT molecular complexity index is 1470. The smallest absolute Gasteiger partial charge is 0.331 e. The predicted octanol–water partition coefficient (Wildman–Crippen LogP) is 3.73. The number of aryl methyl sites for hydroxylation is 1. The van der Waals surface area contributed by atoms with Gasteiger partial charge in [-0.2, -0.15) is 0 Å². The van der Waals surface area contributed by atoms with Gasteiger partial charge in [0.25, 0.3) is 5.56 Å². The number of ether oxygens (including phenoxy) is 1. The van der Waals surface area contributed by atoms with Crippen molar-refractivity contribution in [2.45, 2.75) is 12.6 Å². The molecule has 0 radical (unpaired) electrons. The molecule has 0 N–H and O–H groups in total. The summed E-state index contributed by atoms with van der Waals surface area (Å²) in [6, 6.07) is 13.9. The van der Waals surface area contributed by atoms with Gasteiger partial charge in [-0.05, 0) is 23.8 Å². The Morgan fingerprint density at radius 3 is 2.58 bits per heavy atom. The molecule has 0 bridgehead atoms. The van der Waals surface area contributed by atoms with Crippen LogP contribution in [0.3, 0.4) is 0 Å². The molecule has 5 rings (SSSR count). The highest BCUT2D eigenvalue weighted by Gasteiger charge is 2.33. The van der Waals surface area contributed by atoms with Crippen molar-refractivity contribution >= 4 is 26.8 Å². The summed E-state index contributed by atoms with van der Waals surface area (Å²) in [4.78, 5) is 26.1. The maximum atomic E-state index is 14.0. The number of hydrogen-bond donors (Lipinski definition) is 0. The molecule has 0 spiro atoms. The van der Waals surface area contributed by atoms with E-state index < -0.39 is 11.8 Å². The van der Waals surface area contributed by atoms with Crippen LogP contribution in [0, 0.1) is 5.82 Å². The molecule has 31 heavy (non-hydrogen) atoms. The molecular weight excluding hydrogens is 465 g/mol. The summed E-state index contributed by atoms with van der Waals surface area (Å²) in [5.74, 6) is -0.370. The van der Waals surface area contributed by atoms with Crippen LogP contribution in [-0.2, 0) is 25.4 Å². The summed E-state index contributed by atoms with van der Waals surface area (Å²) in [6.45, 7) is 0.894. The fraction of sp³-hybridized carbons (Fsp3) is 0.217. The molecule has 6 nitrogen and oxygen atoms in total. The van der Waals surface area contributed by atoms with Gasteiger partial charge >= 0.3 is 5.69 Å². The van der Waals surface area contributed by atoms with Crippen LogP contribution in [0.5, 0.6) is 0 Å². The monoisotopic (exact) mass is 483 g/mol. The van der Waals surface area contributed by atoms with Gasteiger partial charge < -0.3 is 9.30 Å². The van der Waals surface area contributed by atoms with E-state index in [1.54, 1.807) is 19.2 Å². The van der Waals surface area contributed by atoms with Crippen LogP contribution in [0.2, 0.25) is 0 Å². The third kappa shape index (κ3) is 2.93. The van der Waals surface area contributed by atoms with E-state index in [0.29, 0.717) is 35.3 Å². The average molecular weight is 484 g/mol. The van der Waals surface area contributed by atoms with E-state index in [1.165, 1.54) is 23.7 Å². The highest BCUT2D eigenvalue weighted by atomic mass is 79.9. The lowest BCUT2D eigenvalue weighted by Gasteiger charge is -2.28. The third-order valence-corrected chi connectivity index (χ3v) is 6.52. The number of hydrogen-bond acceptors (Lipinski definition) is 3. The van der Waals surface area contributed by atoms with Gasteiger partial charge in [0.1, 0.15) is 11.9 Å². The van der Waals surface area contributed by atoms with Crippen molar-refractivity contribution < 1.29 is 9.13 Å². The maximum absolute atomic E-state index is 14.0. The Labute approximate surface area is 185 Å². The van der Waals surface area contributed by atoms with Gasteiger partial charge in [-0.25, -0.2) is 9.18 Å². The topological polar surface area (TPSA) is 58.2 Å². The molecule has 2 aromatic heterocycles. The van der Waals surface area contributed by atoms with Crippen molar-refractivity contribution in [1.82, 2.24) is 13.7 Å². The van der Waals surface area contributed by atoms with E-state index in [1.807, 2.05) is 28.8 Å². The lowest BCUT2D eigenvalue weighted by molar-refractivity contribution is 0.0477. The standard InChI is InChI=1S/C23H19BrFN3O3/c1-26-19-17(22(29)27(2)23(26)30)18(15-8-3-4-9-16(15)24)28-10-11-31-21(20(19)28)13-6-5-7-14(25)12-13/h3-9,12,21H,10-11H2,1-2H3. The molecule has 1 aliphatic rings. The first-order valence-corrected chi connectivity index (χ1v) is 10.6. The molecule has 4 aromatic rings. The first kappa shape index (κ1) is 20.0. The molecule has 0 saturated heterocycles. The average Bonchev–Trinajstić information content (AvgIpc) is 3.12. The summed E-state index contributed by atoms with van der Waals surface area (Å²) in [5, 5.41) is 0.443. The zero-order chi connectivity index (χ0) is 21.9. The molecule has 8 heteroatoms. The molecule has 2 aromatic carbocycles. The molecule has 1 aliphatic heterocycles. The summed E-state index contributed by atoms with van der Waals surface area (Å²) >= 11 is 3.61. The maximum Gasteiger partial charge on any atom is 0.331 e. The fourth-order valence-electron chi connectivity index (χ4n) is 4.44. The summed E-state index contributed by atoms with van der Waals surface area (Å²) in [6.07, 6.45) is -0.610. The summed E-state index contributed by atoms with van der Waals surface area (Å²) < 4.78 is 25.6. The second-order valence-electron chi connectivity index (χ2n) is 7.60. The Morgan fingerprint density at radius 1 is 1.06 bits per heavy atom. The van der Waals surface area contributed by atoms with Gasteiger partial charge in [-0.3, -0.25) is 13.9 Å². The van der Waals surface area contributed by atoms with Crippen LogP contribution in [-0.4, -0.2) is 20.3 Å². The minimum Gasteiger partial charge on any atom is -0.365 e. The van der Waals surface area contributed by atoms with Crippen LogP contribution in [0.4, 0.5) is 4.39 Å². The van der Waals surface area contributed by atoms with E-state index in [2.05, 4.69) is 15.9 Å². The van der Waals surface area contributed by atoms with Crippen LogP contribution in [0.1, 0.15) is 17.4 Å². The Kier molecular flexibility index (Phi) is 4.71. The van der Waals surface area contributed by atoms with Gasteiger partial charge in [0.2, 0.25) is 0 Å². The molecule has 0 aliphatic carbocycles. The van der Waals surface area contributed by atoms with Gasteiger partial charge in [0.15, 0.2) is 0 Å². The van der Waals surface area contributed by atoms with Crippen molar-refractivity contribution in [1.29, 1.82) is 0 Å². The summed E-state index contributed by atoms with van der Waals surface area (Å²) in [7, 11) is 3.12. The van der Waals surface area contributed by atoms with Crippen molar-refractivity contribution in [3.63, 3.8) is 0 Å². The third-order valence-electron chi connectivity index (χ3n) is 5.83. The van der Waals surface area contributed by atoms with Gasteiger partial charge in [0, 0.05) is 30.7 Å². The number of nitrogens with zero attached hydrogens (tertiary/aromatic N) is 3. The largest absolute Gasteiger partial charge is 0.365 e. The first-order valence-electron chi connectivity index (χ1n) is 9.84. The first-order chi connectivity index (χ1) is 14.9. The predicted molar refractivity (Wildman–Crippen MR) is 120 cm³/mol. The van der Waals surface area contributed by atoms with Crippen LogP contribution >= 0.6 is 15.9 Å². The van der Waals surface area contributed by atoms with Crippen molar-refractivity contribution in [3.05, 3.63) is 90.9 Å². The van der Waals surface area contributed by atoms with E-state index >= 15 is 0 Å². The van der Waals surface area contributed by atoms with E-state index in [9.17, 15) is 14.0 Å². The normalized spacial score (nSPS) is 15.9. The molecule has 3 heterocycles. The fourth-order valence-corrected chi connectivity index (χ4v) is 4.91. The second kappa shape index (κ2) is 7.32. The Morgan fingerprint density at radius 2 is 1.84 bits per heavy atom. The molecular formula is C23H19BrFN3O3. The molecule has 1 unspecified atom stereocenters. The van der Waals surface area contributed by atoms with Gasteiger partial charge in [-0.1, -0.05) is 46.3 Å². The zero-order valence-corrected chi connectivity index (χ0v) is 18.5. The Balaban J connectivity index is 1.98. The molecule has 0 amide bonds. The second-order valence-corrected chi connectivity index (χ2v) is 8.45. The van der Waals surface area contributed by atoms with Gasteiger partial charge in [0.05, 0.1) is 28.9 Å². The number of rotatable bonds is 2. The van der Waals surface area contributed by atoms with Crippen molar-refractivity contribution in [3.8, 4) is 11.3 Å². The lowest BCUT2D eigenvalue weighted by Crippen LogP contribution is -2.37. The quantitative estimate of drug-likeness (QED) is 0.436. The minimum atomic E-state index is -0.610. The van der Waals surface area contributed by atoms with E-state index in [-0.39, 0.29) is 11.4 Å². The molecule has 0 fully saturated rings. The van der Waals surface area contributed by atoms with Crippen LogP contribution in [0.15, 0.2) is 62.6 Å². The minimum absolute atomic E-state index is 0.370. The Hall–Kier alpha value is -2.97. The molecule has 1 atom stereocenters. The lowest BCUT2D eigenvalue weighted by atomic mass is 10.0. The highest BCUT2D eigenvalue weighted by molar-refractivity contribution is 9.10. The van der Waals surface area contributed by atoms with E-state index in [4.69, 9.17) is 4.74 Å². The zero-order valence-electron chi connectivity index (χ0n) is 16.9.